The molecule has 7 atom stereocenters. The van der Waals surface area contributed by atoms with Gasteiger partial charge >= 0.3 is 0 Å². The second-order valence-electron chi connectivity index (χ2n) is 11.6. The maximum atomic E-state index is 14.4. The first-order valence-electron chi connectivity index (χ1n) is 13.1. The molecular weight excluding hydrogens is 391 g/mol. The van der Waals surface area contributed by atoms with E-state index in [1.807, 2.05) is 0 Å². The fraction of sp³-hybridized carbons (Fsp3) is 0.960. The Labute approximate surface area is 187 Å². The Morgan fingerprint density at radius 3 is 2.55 bits per heavy atom. The molecule has 2 aliphatic heterocycles. The van der Waals surface area contributed by atoms with Gasteiger partial charge in [-0.1, -0.05) is 19.8 Å². The average molecular weight is 435 g/mol. The van der Waals surface area contributed by atoms with E-state index in [2.05, 4.69) is 34.4 Å². The van der Waals surface area contributed by atoms with Crippen LogP contribution in [0.15, 0.2) is 0 Å². The van der Waals surface area contributed by atoms with Crippen molar-refractivity contribution in [1.82, 2.24) is 20.4 Å². The third-order valence-corrected chi connectivity index (χ3v) is 9.68. The van der Waals surface area contributed by atoms with E-state index in [-0.39, 0.29) is 23.9 Å². The van der Waals surface area contributed by atoms with Crippen molar-refractivity contribution < 1.29 is 9.18 Å². The predicted octanol–water partition coefficient (Wildman–Crippen LogP) is 2.80. The third kappa shape index (κ3) is 4.41. The number of nitrogens with one attached hydrogen (secondary N) is 2. The van der Waals surface area contributed by atoms with Gasteiger partial charge in [-0.15, -0.1) is 0 Å². The number of alkyl halides is 1. The number of halogens is 1. The van der Waals surface area contributed by atoms with E-state index in [1.165, 1.54) is 64.7 Å². The second-order valence-corrected chi connectivity index (χ2v) is 11.6. The van der Waals surface area contributed by atoms with Crippen LogP contribution in [-0.4, -0.2) is 79.8 Å². The van der Waals surface area contributed by atoms with Gasteiger partial charge in [0.1, 0.15) is 6.17 Å². The number of nitrogens with zero attached hydrogens (tertiary/aromatic N) is 2. The van der Waals surface area contributed by atoms with Crippen molar-refractivity contribution in [2.75, 3.05) is 39.8 Å². The Bertz CT molecular complexity index is 629. The van der Waals surface area contributed by atoms with Gasteiger partial charge in [-0.3, -0.25) is 9.69 Å². The Morgan fingerprint density at radius 2 is 1.84 bits per heavy atom. The highest BCUT2D eigenvalue weighted by Crippen LogP contribution is 2.57. The minimum Gasteiger partial charge on any atom is -0.354 e. The molecular formula is C25H43FN4O. The third-order valence-electron chi connectivity index (χ3n) is 9.68. The van der Waals surface area contributed by atoms with Crippen LogP contribution in [0.1, 0.15) is 64.7 Å². The minimum atomic E-state index is -0.743. The lowest BCUT2D eigenvalue weighted by atomic mass is 9.73. The summed E-state index contributed by atoms with van der Waals surface area (Å²) in [6, 6.07) is 0.668. The zero-order valence-electron chi connectivity index (χ0n) is 19.6. The van der Waals surface area contributed by atoms with Gasteiger partial charge in [0, 0.05) is 50.7 Å². The fourth-order valence-electron chi connectivity index (χ4n) is 7.44. The molecule has 31 heavy (non-hydrogen) atoms. The van der Waals surface area contributed by atoms with E-state index >= 15 is 0 Å². The molecule has 5 rings (SSSR count). The largest absolute Gasteiger partial charge is 0.354 e. The van der Waals surface area contributed by atoms with Gasteiger partial charge in [0.2, 0.25) is 5.91 Å². The smallest absolute Gasteiger partial charge is 0.237 e. The van der Waals surface area contributed by atoms with E-state index in [0.717, 1.165) is 18.9 Å². The molecule has 0 aromatic heterocycles. The number of hydrogen-bond donors (Lipinski definition) is 2. The molecule has 5 aliphatic rings. The molecule has 0 aromatic rings. The first-order valence-corrected chi connectivity index (χ1v) is 13.1. The quantitative estimate of drug-likeness (QED) is 0.699. The van der Waals surface area contributed by atoms with Crippen LogP contribution < -0.4 is 10.6 Å². The predicted molar refractivity (Wildman–Crippen MR) is 122 cm³/mol. The van der Waals surface area contributed by atoms with Gasteiger partial charge in [-0.05, 0) is 69.2 Å². The molecule has 5 nitrogen and oxygen atoms in total. The molecule has 2 saturated heterocycles. The summed E-state index contributed by atoms with van der Waals surface area (Å²) in [4.78, 5) is 18.3. The standard InChI is InChI=1S/C25H43FN4O/c1-17-7-8-20(26)18-15-21(28-23(17)18)24(31)27-16-25(9-10-25)19-5-3-4-6-22(19)30-13-11-29(2)12-14-30/h17-23,28H,3-16H2,1-2H3,(H,27,31). The van der Waals surface area contributed by atoms with E-state index < -0.39 is 6.17 Å². The lowest BCUT2D eigenvalue weighted by molar-refractivity contribution is -0.123. The summed E-state index contributed by atoms with van der Waals surface area (Å²) in [5.41, 5.74) is 0.311. The lowest BCUT2D eigenvalue weighted by Crippen LogP contribution is -2.55. The van der Waals surface area contributed by atoms with Gasteiger partial charge in [0.25, 0.3) is 0 Å². The number of hydrogen-bond acceptors (Lipinski definition) is 4. The molecule has 0 bridgehead atoms. The lowest BCUT2D eigenvalue weighted by Gasteiger charge is -2.46. The maximum absolute atomic E-state index is 14.4. The first-order chi connectivity index (χ1) is 15.0. The normalized spacial score (nSPS) is 43.4. The average Bonchev–Trinajstić information content (AvgIpc) is 3.43. The second kappa shape index (κ2) is 8.90. The fourth-order valence-corrected chi connectivity index (χ4v) is 7.44. The van der Waals surface area contributed by atoms with Crippen LogP contribution in [0.25, 0.3) is 0 Å². The molecule has 0 aromatic carbocycles. The number of fused-ring (bicyclic) bond motifs is 1. The van der Waals surface area contributed by atoms with Gasteiger partial charge in [0.15, 0.2) is 0 Å². The molecule has 2 N–H and O–H groups in total. The minimum absolute atomic E-state index is 0.0225. The van der Waals surface area contributed by atoms with Crippen LogP contribution >= 0.6 is 0 Å². The number of likely N-dealkylation sites (N-methyl/N-ethyl adjacent to an activating group) is 1. The van der Waals surface area contributed by atoms with Crippen LogP contribution in [0, 0.1) is 23.2 Å². The van der Waals surface area contributed by atoms with Crippen LogP contribution in [0.2, 0.25) is 0 Å². The molecule has 3 saturated carbocycles. The van der Waals surface area contributed by atoms with Gasteiger partial charge < -0.3 is 15.5 Å². The molecule has 5 fully saturated rings. The molecule has 1 amide bonds. The van der Waals surface area contributed by atoms with Crippen molar-refractivity contribution in [3.05, 3.63) is 0 Å². The Hall–Kier alpha value is -0.720. The topological polar surface area (TPSA) is 47.6 Å². The van der Waals surface area contributed by atoms with Crippen LogP contribution in [-0.2, 0) is 4.79 Å². The summed E-state index contributed by atoms with van der Waals surface area (Å²) >= 11 is 0. The molecule has 176 valence electrons. The number of piperazine rings is 1. The number of carbonyl (C=O) groups excluding carboxylic acids is 1. The van der Waals surface area contributed by atoms with Crippen molar-refractivity contribution >= 4 is 5.91 Å². The van der Waals surface area contributed by atoms with Crippen molar-refractivity contribution in [3.8, 4) is 0 Å². The Kier molecular flexibility index (Phi) is 6.35. The number of rotatable bonds is 5. The van der Waals surface area contributed by atoms with Gasteiger partial charge in [-0.25, -0.2) is 4.39 Å². The molecule has 2 heterocycles. The van der Waals surface area contributed by atoms with Crippen LogP contribution in [0.3, 0.4) is 0 Å². The summed E-state index contributed by atoms with van der Waals surface area (Å²) in [7, 11) is 2.23. The summed E-state index contributed by atoms with van der Waals surface area (Å²) in [5.74, 6) is 1.33. The summed E-state index contributed by atoms with van der Waals surface area (Å²) < 4.78 is 14.4. The highest BCUT2D eigenvalue weighted by atomic mass is 19.1. The van der Waals surface area contributed by atoms with Gasteiger partial charge in [0.05, 0.1) is 6.04 Å². The van der Waals surface area contributed by atoms with Crippen molar-refractivity contribution in [2.24, 2.45) is 23.2 Å². The van der Waals surface area contributed by atoms with Gasteiger partial charge in [-0.2, -0.15) is 0 Å². The highest BCUT2D eigenvalue weighted by Gasteiger charge is 2.54. The summed E-state index contributed by atoms with van der Waals surface area (Å²) in [5, 5.41) is 6.85. The summed E-state index contributed by atoms with van der Waals surface area (Å²) in [6.45, 7) is 7.77. The van der Waals surface area contributed by atoms with E-state index in [1.54, 1.807) is 0 Å². The molecule has 6 heteroatoms. The first kappa shape index (κ1) is 22.1. The molecule has 7 unspecified atom stereocenters. The van der Waals surface area contributed by atoms with Crippen molar-refractivity contribution in [3.63, 3.8) is 0 Å². The SMILES string of the molecule is CC1CCC(F)C2CC(C(=O)NCC3(C4CCCCC4N4CCN(C)CC4)CC3)NC12. The summed E-state index contributed by atoms with van der Waals surface area (Å²) in [6.07, 6.45) is 9.38. The van der Waals surface area contributed by atoms with E-state index in [4.69, 9.17) is 0 Å². The zero-order valence-corrected chi connectivity index (χ0v) is 19.6. The molecule has 0 radical (unpaired) electrons. The van der Waals surface area contributed by atoms with Crippen LogP contribution in [0.5, 0.6) is 0 Å². The number of amides is 1. The number of carbonyl (C=O) groups is 1. The van der Waals surface area contributed by atoms with E-state index in [0.29, 0.717) is 30.2 Å². The van der Waals surface area contributed by atoms with E-state index in [9.17, 15) is 9.18 Å². The van der Waals surface area contributed by atoms with Crippen molar-refractivity contribution in [2.45, 2.75) is 89.0 Å². The maximum Gasteiger partial charge on any atom is 0.237 e. The van der Waals surface area contributed by atoms with Crippen LogP contribution in [0.4, 0.5) is 4.39 Å². The Morgan fingerprint density at radius 1 is 1.10 bits per heavy atom. The monoisotopic (exact) mass is 434 g/mol. The Balaban J connectivity index is 1.18. The zero-order chi connectivity index (χ0) is 21.6. The highest BCUT2D eigenvalue weighted by molar-refractivity contribution is 5.82. The molecule has 0 spiro atoms. The molecule has 3 aliphatic carbocycles. The van der Waals surface area contributed by atoms with Crippen molar-refractivity contribution in [1.29, 1.82) is 0 Å².